The molecule has 0 fully saturated rings. The number of hydrogen-bond acceptors (Lipinski definition) is 8. The molecule has 0 unspecified atom stereocenters. The zero-order chi connectivity index (χ0) is 18.5. The summed E-state index contributed by atoms with van der Waals surface area (Å²) >= 11 is 3.29. The van der Waals surface area contributed by atoms with Crippen molar-refractivity contribution in [1.29, 1.82) is 0 Å². The van der Waals surface area contributed by atoms with Gasteiger partial charge in [0.1, 0.15) is 11.2 Å². The third-order valence-corrected chi connectivity index (χ3v) is 5.96. The quantitative estimate of drug-likeness (QED) is 0.270. The molecule has 0 saturated heterocycles. The third-order valence-electron chi connectivity index (χ3n) is 3.71. The van der Waals surface area contributed by atoms with Gasteiger partial charge in [-0.1, -0.05) is 9.61 Å². The monoisotopic (exact) mass is 391 g/mol. The van der Waals surface area contributed by atoms with E-state index >= 15 is 0 Å². The minimum absolute atomic E-state index is 0.0510. The molecule has 8 nitrogen and oxygen atoms in total. The molecule has 136 valence electrons. The Balaban J connectivity index is 1.53. The summed E-state index contributed by atoms with van der Waals surface area (Å²) in [6, 6.07) is 5.51. The number of pyridine rings is 1. The molecular formula is C16H17N5O3S2. The number of fused-ring (bicyclic) bond motifs is 1. The van der Waals surface area contributed by atoms with Crippen LogP contribution in [0.2, 0.25) is 0 Å². The first-order chi connectivity index (χ1) is 12.6. The van der Waals surface area contributed by atoms with Gasteiger partial charge in [0.15, 0.2) is 0 Å². The van der Waals surface area contributed by atoms with Crippen molar-refractivity contribution in [2.45, 2.75) is 29.9 Å². The Morgan fingerprint density at radius 1 is 1.23 bits per heavy atom. The normalized spacial score (nSPS) is 11.2. The summed E-state index contributed by atoms with van der Waals surface area (Å²) in [5.74, 6) is 1.65. The van der Waals surface area contributed by atoms with Crippen LogP contribution in [-0.4, -0.2) is 41.1 Å². The first-order valence-corrected chi connectivity index (χ1v) is 9.87. The second-order valence-electron chi connectivity index (χ2n) is 5.40. The Morgan fingerprint density at radius 2 is 2.04 bits per heavy atom. The maximum Gasteiger partial charge on any atom is 0.368 e. The van der Waals surface area contributed by atoms with Crippen LogP contribution in [0.1, 0.15) is 17.7 Å². The van der Waals surface area contributed by atoms with Crippen molar-refractivity contribution in [3.05, 3.63) is 52.0 Å². The van der Waals surface area contributed by atoms with Crippen LogP contribution in [0.25, 0.3) is 5.65 Å². The van der Waals surface area contributed by atoms with Gasteiger partial charge >= 0.3 is 5.82 Å². The highest BCUT2D eigenvalue weighted by molar-refractivity contribution is 8.00. The SMILES string of the molecule is Cc1c(SCCCSc2ccc3ncc([N+](=O)[O-])n3n2)ccnc1CO. The van der Waals surface area contributed by atoms with Crippen LogP contribution < -0.4 is 0 Å². The molecule has 3 rings (SSSR count). The number of aliphatic hydroxyl groups is 1. The number of nitrogens with zero attached hydrogens (tertiary/aromatic N) is 5. The fourth-order valence-corrected chi connectivity index (χ4v) is 4.32. The number of imidazole rings is 1. The largest absolute Gasteiger partial charge is 0.390 e. The fraction of sp³-hybridized carbons (Fsp3) is 0.312. The molecule has 3 aromatic rings. The number of aliphatic hydroxyl groups excluding tert-OH is 1. The Morgan fingerprint density at radius 3 is 2.81 bits per heavy atom. The van der Waals surface area contributed by atoms with Crippen LogP contribution in [0.4, 0.5) is 5.82 Å². The molecule has 0 amide bonds. The lowest BCUT2D eigenvalue weighted by atomic mass is 10.2. The second-order valence-corrected chi connectivity index (χ2v) is 7.66. The summed E-state index contributed by atoms with van der Waals surface area (Å²) in [7, 11) is 0. The van der Waals surface area contributed by atoms with E-state index in [4.69, 9.17) is 0 Å². The molecule has 3 heterocycles. The molecule has 0 radical (unpaired) electrons. The highest BCUT2D eigenvalue weighted by Crippen LogP contribution is 2.26. The highest BCUT2D eigenvalue weighted by Gasteiger charge is 2.16. The molecular weight excluding hydrogens is 374 g/mol. The van der Waals surface area contributed by atoms with Crippen molar-refractivity contribution >= 4 is 35.0 Å². The van der Waals surface area contributed by atoms with Gasteiger partial charge < -0.3 is 15.2 Å². The second kappa shape index (κ2) is 8.47. The number of thioether (sulfide) groups is 2. The Bertz CT molecular complexity index is 931. The van der Waals surface area contributed by atoms with Gasteiger partial charge in [-0.3, -0.25) is 4.98 Å². The molecule has 0 aliphatic carbocycles. The number of nitro groups is 1. The van der Waals surface area contributed by atoms with Gasteiger partial charge in [-0.2, -0.15) is 0 Å². The van der Waals surface area contributed by atoms with Gasteiger partial charge in [0.05, 0.1) is 12.3 Å². The molecule has 0 aliphatic heterocycles. The van der Waals surface area contributed by atoms with E-state index in [9.17, 15) is 15.2 Å². The zero-order valence-electron chi connectivity index (χ0n) is 14.0. The summed E-state index contributed by atoms with van der Waals surface area (Å²) in [5, 5.41) is 25.2. The van der Waals surface area contributed by atoms with Crippen LogP contribution >= 0.6 is 23.5 Å². The Labute approximate surface area is 158 Å². The van der Waals surface area contributed by atoms with Crippen molar-refractivity contribution in [2.75, 3.05) is 11.5 Å². The average molecular weight is 391 g/mol. The first-order valence-electron chi connectivity index (χ1n) is 7.90. The van der Waals surface area contributed by atoms with Crippen LogP contribution in [0.3, 0.4) is 0 Å². The van der Waals surface area contributed by atoms with Gasteiger partial charge in [0, 0.05) is 22.9 Å². The number of rotatable bonds is 8. The molecule has 3 aromatic heterocycles. The maximum atomic E-state index is 11.0. The van der Waals surface area contributed by atoms with Gasteiger partial charge in [0.25, 0.3) is 0 Å². The van der Waals surface area contributed by atoms with E-state index in [-0.39, 0.29) is 12.4 Å². The van der Waals surface area contributed by atoms with Crippen LogP contribution in [0.5, 0.6) is 0 Å². The van der Waals surface area contributed by atoms with E-state index in [0.717, 1.165) is 33.4 Å². The molecule has 0 spiro atoms. The van der Waals surface area contributed by atoms with Crippen LogP contribution in [0, 0.1) is 17.0 Å². The summed E-state index contributed by atoms with van der Waals surface area (Å²) in [6.45, 7) is 1.91. The summed E-state index contributed by atoms with van der Waals surface area (Å²) in [4.78, 5) is 19.7. The van der Waals surface area contributed by atoms with Crippen LogP contribution in [0.15, 0.2) is 40.5 Å². The lowest BCUT2D eigenvalue weighted by molar-refractivity contribution is -0.391. The Kier molecular flexibility index (Phi) is 6.07. The van der Waals surface area contributed by atoms with Crippen molar-refractivity contribution in [1.82, 2.24) is 19.6 Å². The minimum Gasteiger partial charge on any atom is -0.390 e. The molecule has 26 heavy (non-hydrogen) atoms. The minimum atomic E-state index is -0.490. The molecule has 0 atom stereocenters. The predicted octanol–water partition coefficient (Wildman–Crippen LogP) is 3.11. The molecule has 10 heteroatoms. The highest BCUT2D eigenvalue weighted by atomic mass is 32.2. The summed E-state index contributed by atoms with van der Waals surface area (Å²) < 4.78 is 1.26. The maximum absolute atomic E-state index is 11.0. The third kappa shape index (κ3) is 4.14. The van der Waals surface area contributed by atoms with E-state index in [2.05, 4.69) is 15.1 Å². The summed E-state index contributed by atoms with van der Waals surface area (Å²) in [6.07, 6.45) is 3.88. The van der Waals surface area contributed by atoms with Gasteiger partial charge in [-0.25, -0.2) is 4.98 Å². The van der Waals surface area contributed by atoms with E-state index in [1.807, 2.05) is 19.1 Å². The molecule has 0 aromatic carbocycles. The van der Waals surface area contributed by atoms with Crippen molar-refractivity contribution in [3.8, 4) is 0 Å². The standard InChI is InChI=1S/C16H17N5O3S2/c1-11-12(10-22)17-6-5-13(11)25-7-2-8-26-15-4-3-14-18-9-16(21(23)24)20(14)19-15/h3-6,9,22H,2,7-8,10H2,1H3. The molecule has 1 N–H and O–H groups in total. The summed E-state index contributed by atoms with van der Waals surface area (Å²) in [5.41, 5.74) is 2.19. The van der Waals surface area contributed by atoms with Crippen molar-refractivity contribution in [3.63, 3.8) is 0 Å². The lowest BCUT2D eigenvalue weighted by Gasteiger charge is -2.08. The smallest absolute Gasteiger partial charge is 0.368 e. The van der Waals surface area contributed by atoms with Gasteiger partial charge in [-0.15, -0.1) is 23.5 Å². The number of hydrogen-bond donors (Lipinski definition) is 1. The van der Waals surface area contributed by atoms with E-state index in [1.54, 1.807) is 35.8 Å². The first kappa shape index (κ1) is 18.6. The van der Waals surface area contributed by atoms with Crippen molar-refractivity contribution < 1.29 is 10.0 Å². The fourth-order valence-electron chi connectivity index (χ4n) is 2.34. The van der Waals surface area contributed by atoms with E-state index in [1.165, 1.54) is 10.7 Å². The lowest BCUT2D eigenvalue weighted by Crippen LogP contribution is -1.99. The average Bonchev–Trinajstić information content (AvgIpc) is 3.06. The predicted molar refractivity (Wildman–Crippen MR) is 101 cm³/mol. The van der Waals surface area contributed by atoms with Gasteiger partial charge in [-0.05, 0) is 41.7 Å². The molecule has 0 bridgehead atoms. The Hall–Kier alpha value is -2.17. The van der Waals surface area contributed by atoms with Gasteiger partial charge in [0.2, 0.25) is 5.65 Å². The van der Waals surface area contributed by atoms with Crippen molar-refractivity contribution in [2.24, 2.45) is 0 Å². The van der Waals surface area contributed by atoms with Crippen LogP contribution in [-0.2, 0) is 6.61 Å². The molecule has 0 saturated carbocycles. The van der Waals surface area contributed by atoms with E-state index in [0.29, 0.717) is 11.3 Å². The topological polar surface area (TPSA) is 106 Å². The number of aromatic nitrogens is 4. The van der Waals surface area contributed by atoms with E-state index < -0.39 is 4.92 Å². The molecule has 0 aliphatic rings. The zero-order valence-corrected chi connectivity index (χ0v) is 15.7.